The topological polar surface area (TPSA) is 101 Å². The molecule has 0 radical (unpaired) electrons. The predicted octanol–water partition coefficient (Wildman–Crippen LogP) is 3.82. The number of rotatable bonds is 6. The molecule has 188 valence electrons. The van der Waals surface area contributed by atoms with Crippen LogP contribution in [0.3, 0.4) is 0 Å². The predicted molar refractivity (Wildman–Crippen MR) is 117 cm³/mol. The Morgan fingerprint density at radius 3 is 2.43 bits per heavy atom. The highest BCUT2D eigenvalue weighted by Gasteiger charge is 2.67. The van der Waals surface area contributed by atoms with Crippen molar-refractivity contribution in [1.29, 1.82) is 0 Å². The van der Waals surface area contributed by atoms with Gasteiger partial charge >= 0.3 is 6.18 Å². The molecule has 1 fully saturated rings. The Hall–Kier alpha value is -2.99. The molecule has 0 spiro atoms. The Kier molecular flexibility index (Phi) is 5.75. The maximum atomic E-state index is 14.0. The normalized spacial score (nSPS) is 23.4. The highest BCUT2D eigenvalue weighted by molar-refractivity contribution is 7.92. The van der Waals surface area contributed by atoms with Gasteiger partial charge in [-0.3, -0.25) is 14.5 Å². The van der Waals surface area contributed by atoms with E-state index in [0.717, 1.165) is 25.1 Å². The van der Waals surface area contributed by atoms with Crippen LogP contribution >= 0.6 is 0 Å². The Morgan fingerprint density at radius 2 is 1.86 bits per heavy atom. The van der Waals surface area contributed by atoms with Crippen LogP contribution in [0.4, 0.5) is 28.9 Å². The lowest BCUT2D eigenvalue weighted by Gasteiger charge is -2.37. The maximum absolute atomic E-state index is 14.0. The summed E-state index contributed by atoms with van der Waals surface area (Å²) in [5.41, 5.74) is -6.24. The van der Waals surface area contributed by atoms with Crippen molar-refractivity contribution >= 4 is 32.9 Å². The maximum Gasteiger partial charge on any atom is 0.430 e. The summed E-state index contributed by atoms with van der Waals surface area (Å²) in [4.78, 5) is 26.4. The van der Waals surface area contributed by atoms with Gasteiger partial charge in [-0.2, -0.15) is 13.2 Å². The Morgan fingerprint density at radius 1 is 1.20 bits per heavy atom. The van der Waals surface area contributed by atoms with E-state index in [1.807, 2.05) is 0 Å². The number of fused-ring (bicyclic) bond motifs is 1. The van der Waals surface area contributed by atoms with Crippen molar-refractivity contribution in [3.8, 4) is 5.75 Å². The third-order valence-electron chi connectivity index (χ3n) is 5.97. The van der Waals surface area contributed by atoms with Crippen LogP contribution in [0.15, 0.2) is 42.5 Å². The van der Waals surface area contributed by atoms with Gasteiger partial charge in [-0.15, -0.1) is 0 Å². The van der Waals surface area contributed by atoms with Crippen molar-refractivity contribution < 1.29 is 45.4 Å². The summed E-state index contributed by atoms with van der Waals surface area (Å²) in [5, 5.41) is 10.7. The molecular formula is C23H21F4NO6S. The molecule has 2 aliphatic rings. The van der Waals surface area contributed by atoms with Gasteiger partial charge in [0.15, 0.2) is 15.6 Å². The molecule has 12 heteroatoms. The van der Waals surface area contributed by atoms with Crippen LogP contribution in [-0.4, -0.2) is 49.3 Å². The van der Waals surface area contributed by atoms with E-state index in [0.29, 0.717) is 4.90 Å². The number of carbonyl (C=O) groups is 2. The number of hydrogen-bond donors (Lipinski definition) is 1. The molecule has 2 aromatic carbocycles. The summed E-state index contributed by atoms with van der Waals surface area (Å²) in [6.07, 6.45) is -7.38. The molecule has 0 saturated carbocycles. The number of halogens is 4. The number of alkyl halides is 4. The minimum absolute atomic E-state index is 0.0511. The van der Waals surface area contributed by atoms with Crippen molar-refractivity contribution in [2.45, 2.75) is 38.4 Å². The number of sulfone groups is 1. The van der Waals surface area contributed by atoms with Crippen LogP contribution in [0, 0.1) is 5.41 Å². The zero-order valence-corrected chi connectivity index (χ0v) is 19.4. The van der Waals surface area contributed by atoms with Crippen molar-refractivity contribution in [1.82, 2.24) is 0 Å². The number of benzene rings is 2. The lowest BCUT2D eigenvalue weighted by molar-refractivity contribution is -0.253. The van der Waals surface area contributed by atoms with Gasteiger partial charge in [0.1, 0.15) is 5.75 Å². The average molecular weight is 515 g/mol. The van der Waals surface area contributed by atoms with Gasteiger partial charge in [0, 0.05) is 36.0 Å². The van der Waals surface area contributed by atoms with E-state index >= 15 is 0 Å². The zero-order valence-electron chi connectivity index (χ0n) is 18.6. The number of nitrogens with zero attached hydrogens (tertiary/aromatic N) is 1. The molecule has 7 nitrogen and oxygen atoms in total. The van der Waals surface area contributed by atoms with E-state index in [4.69, 9.17) is 4.74 Å². The third kappa shape index (κ3) is 4.29. The van der Waals surface area contributed by atoms with Gasteiger partial charge in [-0.25, -0.2) is 12.8 Å². The monoisotopic (exact) mass is 515 g/mol. The number of hydrogen-bond acceptors (Lipinski definition) is 6. The highest BCUT2D eigenvalue weighted by Crippen LogP contribution is 2.52. The molecule has 1 N–H and O–H groups in total. The second kappa shape index (κ2) is 8.02. The molecule has 0 aliphatic carbocycles. The van der Waals surface area contributed by atoms with E-state index in [-0.39, 0.29) is 40.6 Å². The molecule has 0 bridgehead atoms. The fraction of sp³-hybridized carbons (Fsp3) is 0.391. The van der Waals surface area contributed by atoms with Crippen LogP contribution < -0.4 is 9.64 Å². The van der Waals surface area contributed by atoms with Crippen LogP contribution in [-0.2, 0) is 20.2 Å². The van der Waals surface area contributed by atoms with E-state index in [9.17, 15) is 40.7 Å². The Bertz CT molecular complexity index is 1310. The first kappa shape index (κ1) is 25.1. The van der Waals surface area contributed by atoms with Crippen molar-refractivity contribution in [3.63, 3.8) is 0 Å². The fourth-order valence-corrected chi connectivity index (χ4v) is 6.85. The second-order valence-corrected chi connectivity index (χ2v) is 11.2. The largest absolute Gasteiger partial charge is 0.461 e. The first-order valence-corrected chi connectivity index (χ1v) is 12.3. The average Bonchev–Trinajstić information content (AvgIpc) is 2.93. The van der Waals surface area contributed by atoms with Crippen LogP contribution in [0.1, 0.15) is 36.2 Å². The summed E-state index contributed by atoms with van der Waals surface area (Å²) >= 11 is 0. The van der Waals surface area contributed by atoms with Gasteiger partial charge in [0.05, 0.1) is 22.9 Å². The number of ether oxygens (including phenoxy) is 1. The number of ketones is 1. The minimum Gasteiger partial charge on any atom is -0.461 e. The van der Waals surface area contributed by atoms with Gasteiger partial charge in [0.25, 0.3) is 11.5 Å². The smallest absolute Gasteiger partial charge is 0.430 e. The standard InChI is InChI=1S/C23H21F4NO6S/c1-13(24)34-16-5-3-4-15(9-16)28-18-7-6-14(19(29)10-21(2)11-35(32,33)12-21)8-17(18)22(31,20(28)30)23(25,26)27/h3-9,13,31H,10-12H2,1-2H3/t13?,22-/m0/s1. The van der Waals surface area contributed by atoms with E-state index in [1.54, 1.807) is 6.92 Å². The van der Waals surface area contributed by atoms with Gasteiger partial charge in [0.2, 0.25) is 6.36 Å². The summed E-state index contributed by atoms with van der Waals surface area (Å²) in [6.45, 7) is 2.69. The van der Waals surface area contributed by atoms with Crippen LogP contribution in [0.25, 0.3) is 0 Å². The van der Waals surface area contributed by atoms with Crippen LogP contribution in [0.5, 0.6) is 5.75 Å². The molecule has 4 rings (SSSR count). The summed E-state index contributed by atoms with van der Waals surface area (Å²) in [7, 11) is -3.25. The quantitative estimate of drug-likeness (QED) is 0.464. The molecule has 35 heavy (non-hydrogen) atoms. The van der Waals surface area contributed by atoms with E-state index in [2.05, 4.69) is 0 Å². The second-order valence-electron chi connectivity index (χ2n) is 9.18. The van der Waals surface area contributed by atoms with Crippen LogP contribution in [0.2, 0.25) is 0 Å². The Balaban J connectivity index is 1.76. The van der Waals surface area contributed by atoms with Crippen molar-refractivity contribution in [2.75, 3.05) is 16.4 Å². The Labute approximate surface area is 198 Å². The molecule has 2 aromatic rings. The number of carbonyl (C=O) groups excluding carboxylic acids is 2. The van der Waals surface area contributed by atoms with Gasteiger partial charge in [-0.1, -0.05) is 13.0 Å². The number of Topliss-reactive ketones (excluding diaryl/α,β-unsaturated/α-hetero) is 1. The number of anilines is 2. The van der Waals surface area contributed by atoms with E-state index < -0.39 is 50.6 Å². The molecule has 2 aliphatic heterocycles. The fourth-order valence-electron chi connectivity index (χ4n) is 4.61. The number of aliphatic hydroxyl groups is 1. The lowest BCUT2D eigenvalue weighted by atomic mass is 9.85. The SMILES string of the molecule is CC(F)Oc1cccc(N2C(=O)[C@](O)(C(F)(F)F)c3cc(C(=O)CC4(C)CS(=O)(=O)C4)ccc32)c1. The van der Waals surface area contributed by atoms with Crippen molar-refractivity contribution in [3.05, 3.63) is 53.6 Å². The first-order valence-electron chi connectivity index (χ1n) is 10.5. The molecule has 1 amide bonds. The molecule has 0 aromatic heterocycles. The minimum atomic E-state index is -5.43. The van der Waals surface area contributed by atoms with Gasteiger partial charge < -0.3 is 9.84 Å². The number of amides is 1. The van der Waals surface area contributed by atoms with Gasteiger partial charge in [-0.05, 0) is 30.3 Å². The molecule has 2 heterocycles. The molecule has 2 atom stereocenters. The van der Waals surface area contributed by atoms with Crippen molar-refractivity contribution in [2.24, 2.45) is 5.41 Å². The summed E-state index contributed by atoms with van der Waals surface area (Å²) in [5.74, 6) is -2.82. The molecule has 1 saturated heterocycles. The summed E-state index contributed by atoms with van der Waals surface area (Å²) < 4.78 is 83.3. The van der Waals surface area contributed by atoms with E-state index in [1.165, 1.54) is 24.3 Å². The zero-order chi connectivity index (χ0) is 26.0. The lowest BCUT2D eigenvalue weighted by Crippen LogP contribution is -2.49. The first-order chi connectivity index (χ1) is 16.1. The third-order valence-corrected chi connectivity index (χ3v) is 8.24. The summed E-state index contributed by atoms with van der Waals surface area (Å²) in [6, 6.07) is 8.26. The highest BCUT2D eigenvalue weighted by atomic mass is 32.2. The molecule has 1 unspecified atom stereocenters. The molecular weight excluding hydrogens is 494 g/mol.